The van der Waals surface area contributed by atoms with E-state index in [1.54, 1.807) is 0 Å². The lowest BCUT2D eigenvalue weighted by Gasteiger charge is -2.40. The molecule has 1 aromatic carbocycles. The molecule has 0 radical (unpaired) electrons. The van der Waals surface area contributed by atoms with Crippen molar-refractivity contribution >= 4 is 25.8 Å². The van der Waals surface area contributed by atoms with Gasteiger partial charge in [-0.15, -0.1) is 0 Å². The van der Waals surface area contributed by atoms with Gasteiger partial charge in [0.1, 0.15) is 0 Å². The molecule has 0 heterocycles. The molecule has 0 unspecified atom stereocenters. The first-order valence-electron chi connectivity index (χ1n) is 6.15. The molecule has 0 saturated heterocycles. The fraction of sp³-hybridized carbons (Fsp3) is 0.538. The first-order valence-corrected chi connectivity index (χ1v) is 8.93. The van der Waals surface area contributed by atoms with Crippen molar-refractivity contribution in [1.82, 2.24) is 0 Å². The van der Waals surface area contributed by atoms with Crippen LogP contribution < -0.4 is 0 Å². The lowest BCUT2D eigenvalue weighted by molar-refractivity contribution is -0.139. The van der Waals surface area contributed by atoms with Gasteiger partial charge < -0.3 is 0 Å². The minimum atomic E-state index is -4.66. The van der Waals surface area contributed by atoms with Crippen molar-refractivity contribution in [2.75, 3.05) is 11.1 Å². The summed E-state index contributed by atoms with van der Waals surface area (Å²) in [6.07, 6.45) is -2.29. The summed E-state index contributed by atoms with van der Waals surface area (Å²) < 4.78 is 63.4. The van der Waals surface area contributed by atoms with Crippen LogP contribution in [-0.2, 0) is 16.0 Å². The number of halogens is 4. The summed E-state index contributed by atoms with van der Waals surface area (Å²) in [5, 5.41) is 0.493. The molecule has 0 atom stereocenters. The number of alkyl halides is 4. The van der Waals surface area contributed by atoms with Gasteiger partial charge in [-0.05, 0) is 30.4 Å². The predicted octanol–water partition coefficient (Wildman–Crippen LogP) is 4.04. The molecular weight excluding hydrogens is 357 g/mol. The molecule has 1 aliphatic rings. The molecule has 0 bridgehead atoms. The molecule has 0 aliphatic heterocycles. The maximum absolute atomic E-state index is 12.9. The second-order valence-electron chi connectivity index (χ2n) is 5.24. The van der Waals surface area contributed by atoms with Gasteiger partial charge in [-0.25, -0.2) is 8.42 Å². The molecular formula is C13H14BrF3O2S. The van der Waals surface area contributed by atoms with E-state index >= 15 is 0 Å². The highest BCUT2D eigenvalue weighted by atomic mass is 79.9. The van der Waals surface area contributed by atoms with Crippen LogP contribution in [0.5, 0.6) is 0 Å². The normalized spacial score (nSPS) is 18.6. The van der Waals surface area contributed by atoms with Gasteiger partial charge in [0.05, 0.1) is 16.2 Å². The zero-order chi connectivity index (χ0) is 15.0. The zero-order valence-corrected chi connectivity index (χ0v) is 13.0. The van der Waals surface area contributed by atoms with Crippen LogP contribution in [0.2, 0.25) is 0 Å². The van der Waals surface area contributed by atoms with E-state index < -0.39 is 31.9 Å². The first-order chi connectivity index (χ1) is 9.20. The zero-order valence-electron chi connectivity index (χ0n) is 10.6. The highest BCUT2D eigenvalue weighted by Crippen LogP contribution is 2.45. The van der Waals surface area contributed by atoms with Gasteiger partial charge >= 0.3 is 6.18 Å². The van der Waals surface area contributed by atoms with Gasteiger partial charge in [0.25, 0.3) is 0 Å². The summed E-state index contributed by atoms with van der Waals surface area (Å²) in [6, 6.07) is 4.38. The van der Waals surface area contributed by atoms with Crippen LogP contribution in [0.4, 0.5) is 13.2 Å². The van der Waals surface area contributed by atoms with Gasteiger partial charge in [0.15, 0.2) is 9.84 Å². The van der Waals surface area contributed by atoms with Crippen LogP contribution >= 0.6 is 15.9 Å². The SMILES string of the molecule is O=S(=O)(CC1(CBr)CCC1)c1ccccc1C(F)(F)F. The quantitative estimate of drug-likeness (QED) is 0.749. The van der Waals surface area contributed by atoms with Gasteiger partial charge in [0, 0.05) is 5.33 Å². The van der Waals surface area contributed by atoms with Crippen LogP contribution in [-0.4, -0.2) is 19.5 Å². The number of benzene rings is 1. The molecule has 1 saturated carbocycles. The lowest BCUT2D eigenvalue weighted by Crippen LogP contribution is -2.38. The average molecular weight is 371 g/mol. The highest BCUT2D eigenvalue weighted by Gasteiger charge is 2.43. The van der Waals surface area contributed by atoms with Gasteiger partial charge in [-0.2, -0.15) is 13.2 Å². The molecule has 1 fully saturated rings. The topological polar surface area (TPSA) is 34.1 Å². The van der Waals surface area contributed by atoms with E-state index in [-0.39, 0.29) is 5.75 Å². The molecule has 0 amide bonds. The minimum Gasteiger partial charge on any atom is -0.224 e. The van der Waals surface area contributed by atoms with Crippen LogP contribution in [0, 0.1) is 5.41 Å². The molecule has 0 aromatic heterocycles. The maximum atomic E-state index is 12.9. The molecule has 7 heteroatoms. The Balaban J connectivity index is 2.40. The average Bonchev–Trinajstić information content (AvgIpc) is 2.33. The fourth-order valence-corrected chi connectivity index (χ4v) is 5.62. The third kappa shape index (κ3) is 3.03. The summed E-state index contributed by atoms with van der Waals surface area (Å²) in [5.74, 6) is -0.238. The van der Waals surface area contributed by atoms with Crippen molar-refractivity contribution < 1.29 is 21.6 Å². The Hall–Kier alpha value is -0.560. The number of hydrogen-bond acceptors (Lipinski definition) is 2. The Kier molecular flexibility index (Phi) is 4.22. The van der Waals surface area contributed by atoms with E-state index in [9.17, 15) is 21.6 Å². The molecule has 1 aliphatic carbocycles. The second kappa shape index (κ2) is 5.33. The third-order valence-corrected chi connectivity index (χ3v) is 6.93. The molecule has 112 valence electrons. The van der Waals surface area contributed by atoms with E-state index in [1.165, 1.54) is 12.1 Å². The van der Waals surface area contributed by atoms with Crippen molar-refractivity contribution in [2.45, 2.75) is 30.3 Å². The van der Waals surface area contributed by atoms with Crippen molar-refractivity contribution in [3.8, 4) is 0 Å². The van der Waals surface area contributed by atoms with E-state index in [2.05, 4.69) is 15.9 Å². The Bertz CT molecular complexity index is 586. The van der Waals surface area contributed by atoms with E-state index in [4.69, 9.17) is 0 Å². The largest absolute Gasteiger partial charge is 0.417 e. The number of sulfone groups is 1. The Labute approximate surface area is 124 Å². The van der Waals surface area contributed by atoms with E-state index in [0.717, 1.165) is 31.4 Å². The number of rotatable bonds is 4. The maximum Gasteiger partial charge on any atom is 0.417 e. The third-order valence-electron chi connectivity index (χ3n) is 3.72. The summed E-state index contributed by atoms with van der Waals surface area (Å²) in [6.45, 7) is 0. The smallest absolute Gasteiger partial charge is 0.224 e. The second-order valence-corrected chi connectivity index (χ2v) is 7.76. The molecule has 20 heavy (non-hydrogen) atoms. The van der Waals surface area contributed by atoms with Crippen molar-refractivity contribution in [1.29, 1.82) is 0 Å². The van der Waals surface area contributed by atoms with Crippen LogP contribution in [0.1, 0.15) is 24.8 Å². The Morgan fingerprint density at radius 2 is 1.80 bits per heavy atom. The molecule has 2 nitrogen and oxygen atoms in total. The van der Waals surface area contributed by atoms with Crippen molar-refractivity contribution in [3.63, 3.8) is 0 Å². The predicted molar refractivity (Wildman–Crippen MR) is 73.6 cm³/mol. The van der Waals surface area contributed by atoms with Crippen LogP contribution in [0.15, 0.2) is 29.2 Å². The molecule has 2 rings (SSSR count). The monoisotopic (exact) mass is 370 g/mol. The Morgan fingerprint density at radius 1 is 1.20 bits per heavy atom. The van der Waals surface area contributed by atoms with Crippen molar-refractivity contribution in [3.05, 3.63) is 29.8 Å². The molecule has 0 spiro atoms. The van der Waals surface area contributed by atoms with Crippen LogP contribution in [0.3, 0.4) is 0 Å². The van der Waals surface area contributed by atoms with E-state index in [0.29, 0.717) is 5.33 Å². The minimum absolute atomic E-state index is 0.238. The van der Waals surface area contributed by atoms with Crippen molar-refractivity contribution in [2.24, 2.45) is 5.41 Å². The van der Waals surface area contributed by atoms with E-state index in [1.807, 2.05) is 0 Å². The Morgan fingerprint density at radius 3 is 2.25 bits per heavy atom. The summed E-state index contributed by atoms with van der Waals surface area (Å²) in [4.78, 5) is -0.611. The van der Waals surface area contributed by atoms with Gasteiger partial charge in [-0.1, -0.05) is 34.5 Å². The van der Waals surface area contributed by atoms with Gasteiger partial charge in [-0.3, -0.25) is 0 Å². The van der Waals surface area contributed by atoms with Gasteiger partial charge in [0.2, 0.25) is 0 Å². The van der Waals surface area contributed by atoms with Crippen LogP contribution in [0.25, 0.3) is 0 Å². The molecule has 0 N–H and O–H groups in total. The summed E-state index contributed by atoms with van der Waals surface area (Å²) >= 11 is 3.28. The highest BCUT2D eigenvalue weighted by molar-refractivity contribution is 9.09. The fourth-order valence-electron chi connectivity index (χ4n) is 2.45. The molecule has 1 aromatic rings. The number of hydrogen-bond donors (Lipinski definition) is 0. The lowest BCUT2D eigenvalue weighted by atomic mass is 9.72. The summed E-state index contributed by atoms with van der Waals surface area (Å²) in [5.41, 5.74) is -1.50. The summed E-state index contributed by atoms with van der Waals surface area (Å²) in [7, 11) is -3.95. The standard InChI is InChI=1S/C13H14BrF3O2S/c14-8-12(6-3-7-12)9-20(18,19)11-5-2-1-4-10(11)13(15,16)17/h1-2,4-5H,3,6-9H2. The first kappa shape index (κ1) is 15.8.